The average Bonchev–Trinajstić information content (AvgIpc) is 2.80. The smallest absolute Gasteiger partial charge is 0.00107 e. The minimum atomic E-state index is 0.729. The third-order valence-corrected chi connectivity index (χ3v) is 3.36. The van der Waals surface area contributed by atoms with Gasteiger partial charge in [0.25, 0.3) is 0 Å². The first-order chi connectivity index (χ1) is 9.31. The van der Waals surface area contributed by atoms with E-state index in [1.807, 2.05) is 0 Å². The highest BCUT2D eigenvalue weighted by molar-refractivity contribution is 5.77. The molecule has 3 rings (SSSR count). The normalized spacial score (nSPS) is 11.3. The second-order valence-electron chi connectivity index (χ2n) is 5.02. The average molecular weight is 253 g/mol. The van der Waals surface area contributed by atoms with E-state index in [0.29, 0.717) is 0 Å². The van der Waals surface area contributed by atoms with Crippen LogP contribution in [0.2, 0.25) is 0 Å². The molecule has 2 N–H and O–H groups in total. The quantitative estimate of drug-likeness (QED) is 0.728. The van der Waals surface area contributed by atoms with Crippen molar-refractivity contribution in [1.82, 2.24) is 0 Å². The van der Waals surface area contributed by atoms with Crippen LogP contribution in [0, 0.1) is 0 Å². The predicted octanol–water partition coefficient (Wildman–Crippen LogP) is 4.18. The van der Waals surface area contributed by atoms with Gasteiger partial charge in [0.15, 0.2) is 0 Å². The SMILES string of the molecule is CCC.NCCc1cccc2c1Cc1ccccc1-2. The molecule has 0 aromatic heterocycles. The summed E-state index contributed by atoms with van der Waals surface area (Å²) in [5, 5.41) is 0. The van der Waals surface area contributed by atoms with Gasteiger partial charge in [0.2, 0.25) is 0 Å². The van der Waals surface area contributed by atoms with Crippen molar-refractivity contribution in [3.63, 3.8) is 0 Å². The van der Waals surface area contributed by atoms with Gasteiger partial charge in [-0.25, -0.2) is 0 Å². The number of benzene rings is 2. The molecule has 0 unspecified atom stereocenters. The predicted molar refractivity (Wildman–Crippen MR) is 83.4 cm³/mol. The lowest BCUT2D eigenvalue weighted by Crippen LogP contribution is -2.04. The first-order valence-electron chi connectivity index (χ1n) is 7.20. The topological polar surface area (TPSA) is 26.0 Å². The lowest BCUT2D eigenvalue weighted by Gasteiger charge is -2.06. The van der Waals surface area contributed by atoms with Crippen molar-refractivity contribution in [2.24, 2.45) is 5.73 Å². The molecule has 2 aromatic rings. The summed E-state index contributed by atoms with van der Waals surface area (Å²) in [4.78, 5) is 0. The summed E-state index contributed by atoms with van der Waals surface area (Å²) >= 11 is 0. The Morgan fingerprint density at radius 2 is 1.63 bits per heavy atom. The molecule has 0 bridgehead atoms. The molecule has 0 aliphatic heterocycles. The number of nitrogens with two attached hydrogens (primary N) is 1. The summed E-state index contributed by atoms with van der Waals surface area (Å²) in [5.41, 5.74) is 12.8. The maximum atomic E-state index is 5.66. The second kappa shape index (κ2) is 6.53. The van der Waals surface area contributed by atoms with Crippen LogP contribution in [0.3, 0.4) is 0 Å². The molecular weight excluding hydrogens is 230 g/mol. The molecule has 1 heteroatoms. The fourth-order valence-corrected chi connectivity index (χ4v) is 2.61. The van der Waals surface area contributed by atoms with E-state index in [1.165, 1.54) is 34.2 Å². The van der Waals surface area contributed by atoms with Crippen LogP contribution in [0.1, 0.15) is 37.0 Å². The van der Waals surface area contributed by atoms with Gasteiger partial charge in [0.1, 0.15) is 0 Å². The van der Waals surface area contributed by atoms with Crippen molar-refractivity contribution in [1.29, 1.82) is 0 Å². The van der Waals surface area contributed by atoms with Crippen LogP contribution in [0.25, 0.3) is 11.1 Å². The van der Waals surface area contributed by atoms with E-state index in [9.17, 15) is 0 Å². The van der Waals surface area contributed by atoms with Gasteiger partial charge in [-0.05, 0) is 47.2 Å². The van der Waals surface area contributed by atoms with E-state index in [1.54, 1.807) is 0 Å². The van der Waals surface area contributed by atoms with E-state index in [0.717, 1.165) is 19.4 Å². The molecule has 0 saturated carbocycles. The van der Waals surface area contributed by atoms with E-state index >= 15 is 0 Å². The summed E-state index contributed by atoms with van der Waals surface area (Å²) in [6.07, 6.45) is 3.30. The fraction of sp³-hybridized carbons (Fsp3) is 0.333. The summed E-state index contributed by atoms with van der Waals surface area (Å²) in [6.45, 7) is 4.98. The van der Waals surface area contributed by atoms with Crippen LogP contribution in [-0.2, 0) is 12.8 Å². The number of hydrogen-bond acceptors (Lipinski definition) is 1. The zero-order valence-corrected chi connectivity index (χ0v) is 11.9. The first kappa shape index (κ1) is 13.8. The molecule has 0 amide bonds. The Kier molecular flexibility index (Phi) is 4.75. The molecule has 0 saturated heterocycles. The Morgan fingerprint density at radius 3 is 2.37 bits per heavy atom. The van der Waals surface area contributed by atoms with E-state index in [4.69, 9.17) is 5.73 Å². The van der Waals surface area contributed by atoms with Crippen molar-refractivity contribution in [2.45, 2.75) is 33.1 Å². The number of rotatable bonds is 2. The van der Waals surface area contributed by atoms with Crippen molar-refractivity contribution < 1.29 is 0 Å². The van der Waals surface area contributed by atoms with Crippen LogP contribution in [-0.4, -0.2) is 6.54 Å². The fourth-order valence-electron chi connectivity index (χ4n) is 2.61. The molecule has 19 heavy (non-hydrogen) atoms. The molecule has 2 aromatic carbocycles. The van der Waals surface area contributed by atoms with Gasteiger partial charge < -0.3 is 5.73 Å². The lowest BCUT2D eigenvalue weighted by molar-refractivity contribution is 0.952. The van der Waals surface area contributed by atoms with Crippen LogP contribution in [0.15, 0.2) is 42.5 Å². The Hall–Kier alpha value is -1.60. The van der Waals surface area contributed by atoms with Crippen LogP contribution >= 0.6 is 0 Å². The molecule has 1 aliphatic rings. The van der Waals surface area contributed by atoms with Crippen molar-refractivity contribution in [3.8, 4) is 11.1 Å². The standard InChI is InChI=1S/C15H15N.C3H8/c16-9-8-11-5-3-7-14-13-6-2-1-4-12(13)10-15(11)14;1-3-2/h1-7H,8-10,16H2;3H2,1-2H3. The lowest BCUT2D eigenvalue weighted by atomic mass is 9.99. The maximum Gasteiger partial charge on any atom is -0.00107 e. The third-order valence-electron chi connectivity index (χ3n) is 3.36. The third kappa shape index (κ3) is 2.87. The van der Waals surface area contributed by atoms with E-state index in [2.05, 4.69) is 56.3 Å². The van der Waals surface area contributed by atoms with Gasteiger partial charge >= 0.3 is 0 Å². The monoisotopic (exact) mass is 253 g/mol. The minimum absolute atomic E-state index is 0.729. The van der Waals surface area contributed by atoms with Crippen molar-refractivity contribution in [2.75, 3.05) is 6.54 Å². The molecular formula is C18H23N. The van der Waals surface area contributed by atoms with Gasteiger partial charge in [-0.1, -0.05) is 62.7 Å². The van der Waals surface area contributed by atoms with Crippen LogP contribution in [0.4, 0.5) is 0 Å². The molecule has 0 atom stereocenters. The summed E-state index contributed by atoms with van der Waals surface area (Å²) < 4.78 is 0. The highest BCUT2D eigenvalue weighted by Gasteiger charge is 2.19. The zero-order valence-electron chi connectivity index (χ0n) is 11.9. The van der Waals surface area contributed by atoms with E-state index < -0.39 is 0 Å². The largest absolute Gasteiger partial charge is 0.330 e. The first-order valence-corrected chi connectivity index (χ1v) is 7.20. The summed E-state index contributed by atoms with van der Waals surface area (Å²) in [6, 6.07) is 15.2. The van der Waals surface area contributed by atoms with Gasteiger partial charge in [-0.15, -0.1) is 0 Å². The Morgan fingerprint density at radius 1 is 0.947 bits per heavy atom. The molecule has 1 aliphatic carbocycles. The highest BCUT2D eigenvalue weighted by Crippen LogP contribution is 2.37. The molecule has 0 heterocycles. The van der Waals surface area contributed by atoms with Gasteiger partial charge in [0, 0.05) is 0 Å². The van der Waals surface area contributed by atoms with E-state index in [-0.39, 0.29) is 0 Å². The number of fused-ring (bicyclic) bond motifs is 3. The molecule has 1 nitrogen and oxygen atoms in total. The Bertz CT molecular complexity index is 543. The summed E-state index contributed by atoms with van der Waals surface area (Å²) in [7, 11) is 0. The Balaban J connectivity index is 0.000000408. The van der Waals surface area contributed by atoms with Crippen LogP contribution < -0.4 is 5.73 Å². The zero-order chi connectivity index (χ0) is 13.7. The Labute approximate surface area is 116 Å². The number of hydrogen-bond donors (Lipinski definition) is 1. The highest BCUT2D eigenvalue weighted by atomic mass is 14.5. The summed E-state index contributed by atoms with van der Waals surface area (Å²) in [5.74, 6) is 0. The van der Waals surface area contributed by atoms with Crippen molar-refractivity contribution in [3.05, 3.63) is 59.2 Å². The van der Waals surface area contributed by atoms with Crippen LogP contribution in [0.5, 0.6) is 0 Å². The minimum Gasteiger partial charge on any atom is -0.330 e. The second-order valence-corrected chi connectivity index (χ2v) is 5.02. The van der Waals surface area contributed by atoms with Crippen molar-refractivity contribution >= 4 is 0 Å². The van der Waals surface area contributed by atoms with Gasteiger partial charge in [0.05, 0.1) is 0 Å². The molecule has 0 spiro atoms. The van der Waals surface area contributed by atoms with Gasteiger partial charge in [-0.3, -0.25) is 0 Å². The maximum absolute atomic E-state index is 5.66. The molecule has 0 fully saturated rings. The molecule has 0 radical (unpaired) electrons. The molecule has 100 valence electrons. The van der Waals surface area contributed by atoms with Gasteiger partial charge in [-0.2, -0.15) is 0 Å².